The van der Waals surface area contributed by atoms with Crippen LogP contribution in [0.25, 0.3) is 11.4 Å². The number of carbonyl (C=O) groups excluding carboxylic acids is 1. The Morgan fingerprint density at radius 1 is 1.38 bits per heavy atom. The van der Waals surface area contributed by atoms with Gasteiger partial charge in [0.25, 0.3) is 5.69 Å². The van der Waals surface area contributed by atoms with E-state index >= 15 is 0 Å². The Morgan fingerprint density at radius 3 is 2.71 bits per heavy atom. The van der Waals surface area contributed by atoms with Crippen molar-refractivity contribution in [3.05, 3.63) is 40.7 Å². The highest BCUT2D eigenvalue weighted by atomic mass is 16.6. The van der Waals surface area contributed by atoms with E-state index < -0.39 is 4.92 Å². The highest BCUT2D eigenvalue weighted by Crippen LogP contribution is 2.18. The number of hydrogen-bond acceptors (Lipinski definition) is 6. The minimum Gasteiger partial charge on any atom is -0.469 e. The number of non-ortho nitro benzene ring substituents is 1. The standard InChI is InChI=1S/C13H14N4O4/c1-21-12(18)3-2-8-16-9-14-13(15-16)10-4-6-11(7-5-10)17(19)20/h4-7,9H,2-3,8H2,1H3. The minimum absolute atomic E-state index is 0.0243. The van der Waals surface area contributed by atoms with Gasteiger partial charge in [-0.05, 0) is 18.6 Å². The molecule has 0 unspecified atom stereocenters. The number of esters is 1. The van der Waals surface area contributed by atoms with Crippen LogP contribution in [0.4, 0.5) is 5.69 Å². The van der Waals surface area contributed by atoms with Crippen molar-refractivity contribution in [2.24, 2.45) is 0 Å². The number of rotatable bonds is 6. The molecular formula is C13H14N4O4. The zero-order valence-electron chi connectivity index (χ0n) is 11.4. The van der Waals surface area contributed by atoms with Crippen LogP contribution < -0.4 is 0 Å². The summed E-state index contributed by atoms with van der Waals surface area (Å²) < 4.78 is 6.18. The van der Waals surface area contributed by atoms with Gasteiger partial charge >= 0.3 is 5.97 Å². The Hall–Kier alpha value is -2.77. The molecule has 0 radical (unpaired) electrons. The van der Waals surface area contributed by atoms with Gasteiger partial charge in [0.15, 0.2) is 5.82 Å². The number of carbonyl (C=O) groups is 1. The fourth-order valence-corrected chi connectivity index (χ4v) is 1.75. The van der Waals surface area contributed by atoms with Crippen molar-refractivity contribution in [1.29, 1.82) is 0 Å². The Labute approximate surface area is 120 Å². The normalized spacial score (nSPS) is 10.3. The van der Waals surface area contributed by atoms with Gasteiger partial charge in [0.05, 0.1) is 12.0 Å². The van der Waals surface area contributed by atoms with Crippen molar-refractivity contribution < 1.29 is 14.5 Å². The average Bonchev–Trinajstić information content (AvgIpc) is 2.96. The molecule has 2 rings (SSSR count). The second kappa shape index (κ2) is 6.60. The first-order valence-corrected chi connectivity index (χ1v) is 6.31. The third-order valence-electron chi connectivity index (χ3n) is 2.87. The summed E-state index contributed by atoms with van der Waals surface area (Å²) in [4.78, 5) is 25.3. The molecule has 0 aliphatic carbocycles. The number of aromatic nitrogens is 3. The molecule has 0 N–H and O–H groups in total. The predicted octanol–water partition coefficient (Wildman–Crippen LogP) is 1.81. The van der Waals surface area contributed by atoms with Gasteiger partial charge in [0.1, 0.15) is 6.33 Å². The maximum absolute atomic E-state index is 11.0. The maximum Gasteiger partial charge on any atom is 0.305 e. The van der Waals surface area contributed by atoms with E-state index in [0.717, 1.165) is 0 Å². The van der Waals surface area contributed by atoms with E-state index in [1.165, 1.54) is 19.2 Å². The fraction of sp³-hybridized carbons (Fsp3) is 0.308. The van der Waals surface area contributed by atoms with Crippen molar-refractivity contribution >= 4 is 11.7 Å². The molecule has 0 aliphatic rings. The molecule has 0 saturated heterocycles. The molecule has 0 fully saturated rings. The minimum atomic E-state index is -0.456. The van der Waals surface area contributed by atoms with Crippen LogP contribution in [-0.4, -0.2) is 32.8 Å². The summed E-state index contributed by atoms with van der Waals surface area (Å²) in [7, 11) is 1.35. The summed E-state index contributed by atoms with van der Waals surface area (Å²) in [5.74, 6) is 0.230. The molecule has 1 heterocycles. The Bertz CT molecular complexity index is 636. The van der Waals surface area contributed by atoms with Crippen LogP contribution in [0.1, 0.15) is 12.8 Å². The molecule has 21 heavy (non-hydrogen) atoms. The lowest BCUT2D eigenvalue weighted by Crippen LogP contribution is -2.04. The molecule has 0 saturated carbocycles. The number of methoxy groups -OCH3 is 1. The SMILES string of the molecule is COC(=O)CCCn1cnc(-c2ccc([N+](=O)[O-])cc2)n1. The summed E-state index contributed by atoms with van der Waals surface area (Å²) in [5, 5.41) is 14.8. The number of nitrogens with zero attached hydrogens (tertiary/aromatic N) is 4. The van der Waals surface area contributed by atoms with Crippen molar-refractivity contribution in [1.82, 2.24) is 14.8 Å². The third kappa shape index (κ3) is 3.85. The zero-order valence-corrected chi connectivity index (χ0v) is 11.4. The van der Waals surface area contributed by atoms with E-state index in [2.05, 4.69) is 14.8 Å². The van der Waals surface area contributed by atoms with E-state index in [1.54, 1.807) is 23.1 Å². The Morgan fingerprint density at radius 2 is 2.10 bits per heavy atom. The summed E-state index contributed by atoms with van der Waals surface area (Å²) in [6.45, 7) is 0.551. The van der Waals surface area contributed by atoms with Gasteiger partial charge in [-0.25, -0.2) is 4.98 Å². The van der Waals surface area contributed by atoms with Crippen molar-refractivity contribution in [2.45, 2.75) is 19.4 Å². The molecule has 110 valence electrons. The molecule has 0 atom stereocenters. The van der Waals surface area contributed by atoms with Gasteiger partial charge in [0.2, 0.25) is 0 Å². The molecule has 0 spiro atoms. The molecule has 1 aromatic heterocycles. The number of aryl methyl sites for hydroxylation is 1. The smallest absolute Gasteiger partial charge is 0.305 e. The summed E-state index contributed by atoms with van der Waals surface area (Å²) in [5.41, 5.74) is 0.726. The van der Waals surface area contributed by atoms with E-state index in [0.29, 0.717) is 30.8 Å². The highest BCUT2D eigenvalue weighted by molar-refractivity contribution is 5.68. The van der Waals surface area contributed by atoms with E-state index in [4.69, 9.17) is 0 Å². The molecular weight excluding hydrogens is 276 g/mol. The monoisotopic (exact) mass is 290 g/mol. The van der Waals surface area contributed by atoms with Crippen LogP contribution in [0.5, 0.6) is 0 Å². The second-order valence-corrected chi connectivity index (χ2v) is 4.31. The number of nitro benzene ring substituents is 1. The first kappa shape index (κ1) is 14.6. The van der Waals surface area contributed by atoms with Crippen LogP contribution in [0.15, 0.2) is 30.6 Å². The molecule has 0 bridgehead atoms. The van der Waals surface area contributed by atoms with Crippen LogP contribution in [-0.2, 0) is 16.1 Å². The van der Waals surface area contributed by atoms with Gasteiger partial charge < -0.3 is 4.74 Å². The number of hydrogen-bond donors (Lipinski definition) is 0. The lowest BCUT2D eigenvalue weighted by atomic mass is 10.2. The maximum atomic E-state index is 11.0. The van der Waals surface area contributed by atoms with Crippen LogP contribution in [0, 0.1) is 10.1 Å². The quantitative estimate of drug-likeness (QED) is 0.457. The lowest BCUT2D eigenvalue weighted by Gasteiger charge is -2.00. The first-order chi connectivity index (χ1) is 10.1. The molecule has 8 nitrogen and oxygen atoms in total. The van der Waals surface area contributed by atoms with Gasteiger partial charge in [-0.2, -0.15) is 5.10 Å². The molecule has 0 amide bonds. The molecule has 0 aliphatic heterocycles. The van der Waals surface area contributed by atoms with E-state index in [-0.39, 0.29) is 11.7 Å². The molecule has 8 heteroatoms. The summed E-state index contributed by atoms with van der Waals surface area (Å²) in [6.07, 6.45) is 2.49. The number of ether oxygens (including phenoxy) is 1. The average molecular weight is 290 g/mol. The van der Waals surface area contributed by atoms with Gasteiger partial charge in [-0.15, -0.1) is 0 Å². The molecule has 2 aromatic rings. The second-order valence-electron chi connectivity index (χ2n) is 4.31. The number of nitro groups is 1. The van der Waals surface area contributed by atoms with Crippen LogP contribution >= 0.6 is 0 Å². The highest BCUT2D eigenvalue weighted by Gasteiger charge is 2.08. The van der Waals surface area contributed by atoms with Crippen molar-refractivity contribution in [2.75, 3.05) is 7.11 Å². The zero-order chi connectivity index (χ0) is 15.2. The fourth-order valence-electron chi connectivity index (χ4n) is 1.75. The number of benzene rings is 1. The first-order valence-electron chi connectivity index (χ1n) is 6.31. The van der Waals surface area contributed by atoms with Crippen LogP contribution in [0.3, 0.4) is 0 Å². The van der Waals surface area contributed by atoms with E-state index in [1.807, 2.05) is 0 Å². The van der Waals surface area contributed by atoms with Crippen molar-refractivity contribution in [3.8, 4) is 11.4 Å². The van der Waals surface area contributed by atoms with Crippen LogP contribution in [0.2, 0.25) is 0 Å². The van der Waals surface area contributed by atoms with Gasteiger partial charge in [-0.3, -0.25) is 19.6 Å². The third-order valence-corrected chi connectivity index (χ3v) is 2.87. The summed E-state index contributed by atoms with van der Waals surface area (Å²) in [6, 6.07) is 6.03. The Kier molecular flexibility index (Phi) is 4.60. The lowest BCUT2D eigenvalue weighted by molar-refractivity contribution is -0.384. The van der Waals surface area contributed by atoms with E-state index in [9.17, 15) is 14.9 Å². The Balaban J connectivity index is 1.99. The topological polar surface area (TPSA) is 100 Å². The predicted molar refractivity (Wildman–Crippen MR) is 73.4 cm³/mol. The van der Waals surface area contributed by atoms with Crippen molar-refractivity contribution in [3.63, 3.8) is 0 Å². The van der Waals surface area contributed by atoms with Gasteiger partial charge in [-0.1, -0.05) is 0 Å². The van der Waals surface area contributed by atoms with Gasteiger partial charge in [0, 0.05) is 30.7 Å². The molecule has 1 aromatic carbocycles. The largest absolute Gasteiger partial charge is 0.469 e. The summed E-state index contributed by atoms with van der Waals surface area (Å²) >= 11 is 0.